The topological polar surface area (TPSA) is 61.4 Å². The highest BCUT2D eigenvalue weighted by atomic mass is 16.3. The first-order valence-electron chi connectivity index (χ1n) is 8.51. The molecule has 0 saturated carbocycles. The summed E-state index contributed by atoms with van der Waals surface area (Å²) in [7, 11) is 0. The van der Waals surface area contributed by atoms with E-state index in [1.54, 1.807) is 0 Å². The van der Waals surface area contributed by atoms with Crippen LogP contribution in [-0.2, 0) is 4.79 Å². The summed E-state index contributed by atoms with van der Waals surface area (Å²) >= 11 is 0. The number of aliphatic hydroxyl groups is 1. The Labute approximate surface area is 147 Å². The fourth-order valence-electron chi connectivity index (χ4n) is 2.39. The molecule has 136 valence electrons. The van der Waals surface area contributed by atoms with Crippen LogP contribution in [0.3, 0.4) is 0 Å². The molecule has 24 heavy (non-hydrogen) atoms. The molecule has 0 heterocycles. The van der Waals surface area contributed by atoms with E-state index in [4.69, 9.17) is 5.11 Å². The van der Waals surface area contributed by atoms with Gasteiger partial charge in [-0.2, -0.15) is 0 Å². The van der Waals surface area contributed by atoms with Crippen LogP contribution in [-0.4, -0.2) is 37.3 Å². The number of carbonyl (C=O) groups excluding carboxylic acids is 1. The van der Waals surface area contributed by atoms with Gasteiger partial charge in [0.15, 0.2) is 0 Å². The first-order valence-corrected chi connectivity index (χ1v) is 8.51. The predicted octanol–water partition coefficient (Wildman–Crippen LogP) is 3.13. The van der Waals surface area contributed by atoms with Gasteiger partial charge in [-0.3, -0.25) is 4.79 Å². The first-order chi connectivity index (χ1) is 11.3. The maximum absolute atomic E-state index is 12.2. The van der Waals surface area contributed by atoms with Crippen LogP contribution in [0.15, 0.2) is 47.6 Å². The SMILES string of the molecule is C=C(C)CC(CC(=O)NCCNCCO)/C(=C/C=C(C)C)C(=C)C. The van der Waals surface area contributed by atoms with E-state index in [1.165, 1.54) is 5.57 Å². The number of rotatable bonds is 12. The molecule has 0 aromatic rings. The summed E-state index contributed by atoms with van der Waals surface area (Å²) in [5, 5.41) is 14.7. The Hall–Kier alpha value is -1.65. The molecular formula is C20H34N2O2. The molecule has 0 spiro atoms. The van der Waals surface area contributed by atoms with Gasteiger partial charge in [0.05, 0.1) is 6.61 Å². The van der Waals surface area contributed by atoms with Gasteiger partial charge in [-0.25, -0.2) is 0 Å². The van der Waals surface area contributed by atoms with E-state index >= 15 is 0 Å². The third-order valence-corrected chi connectivity index (χ3v) is 3.47. The van der Waals surface area contributed by atoms with Crippen molar-refractivity contribution in [2.24, 2.45) is 5.92 Å². The van der Waals surface area contributed by atoms with Gasteiger partial charge in [-0.05, 0) is 45.6 Å². The Morgan fingerprint density at radius 1 is 1.04 bits per heavy atom. The summed E-state index contributed by atoms with van der Waals surface area (Å²) in [5.41, 5.74) is 4.35. The molecule has 0 saturated heterocycles. The second-order valence-electron chi connectivity index (χ2n) is 6.53. The average molecular weight is 335 g/mol. The monoisotopic (exact) mass is 334 g/mol. The van der Waals surface area contributed by atoms with Crippen molar-refractivity contribution in [3.63, 3.8) is 0 Å². The molecule has 0 aromatic heterocycles. The van der Waals surface area contributed by atoms with Gasteiger partial charge in [0.1, 0.15) is 0 Å². The molecule has 0 aliphatic heterocycles. The number of hydrogen-bond donors (Lipinski definition) is 3. The number of allylic oxidation sites excluding steroid dienone is 6. The molecule has 0 radical (unpaired) electrons. The third kappa shape index (κ3) is 11.0. The molecule has 0 aliphatic rings. The first kappa shape index (κ1) is 22.4. The van der Waals surface area contributed by atoms with E-state index in [9.17, 15) is 4.79 Å². The maximum atomic E-state index is 12.2. The molecule has 4 heteroatoms. The van der Waals surface area contributed by atoms with Crippen molar-refractivity contribution in [1.29, 1.82) is 0 Å². The highest BCUT2D eigenvalue weighted by molar-refractivity contribution is 5.76. The lowest BCUT2D eigenvalue weighted by Crippen LogP contribution is -2.34. The normalized spacial score (nSPS) is 12.5. The van der Waals surface area contributed by atoms with Gasteiger partial charge in [-0.15, -0.1) is 6.58 Å². The number of nitrogens with one attached hydrogen (secondary N) is 2. The number of aliphatic hydroxyl groups excluding tert-OH is 1. The van der Waals surface area contributed by atoms with Crippen molar-refractivity contribution >= 4 is 5.91 Å². The van der Waals surface area contributed by atoms with E-state index in [2.05, 4.69) is 35.9 Å². The summed E-state index contributed by atoms with van der Waals surface area (Å²) in [5.74, 6) is 0.109. The minimum absolute atomic E-state index is 0.0244. The quantitative estimate of drug-likeness (QED) is 0.292. The molecular weight excluding hydrogens is 300 g/mol. The van der Waals surface area contributed by atoms with Crippen LogP contribution < -0.4 is 10.6 Å². The summed E-state index contributed by atoms with van der Waals surface area (Å²) in [4.78, 5) is 12.2. The van der Waals surface area contributed by atoms with Gasteiger partial charge in [-0.1, -0.05) is 35.5 Å². The zero-order chi connectivity index (χ0) is 18.5. The molecule has 4 nitrogen and oxygen atoms in total. The lowest BCUT2D eigenvalue weighted by molar-refractivity contribution is -0.121. The number of amides is 1. The molecule has 1 unspecified atom stereocenters. The van der Waals surface area contributed by atoms with Crippen molar-refractivity contribution in [1.82, 2.24) is 10.6 Å². The summed E-state index contributed by atoms with van der Waals surface area (Å²) in [6.07, 6.45) is 5.32. The Bertz CT molecular complexity index is 486. The highest BCUT2D eigenvalue weighted by Gasteiger charge is 2.18. The Morgan fingerprint density at radius 3 is 2.21 bits per heavy atom. The van der Waals surface area contributed by atoms with Crippen LogP contribution in [0.4, 0.5) is 0 Å². The lowest BCUT2D eigenvalue weighted by atomic mass is 9.85. The second-order valence-corrected chi connectivity index (χ2v) is 6.53. The van der Waals surface area contributed by atoms with Crippen LogP contribution in [0, 0.1) is 5.92 Å². The van der Waals surface area contributed by atoms with Crippen LogP contribution in [0.1, 0.15) is 40.5 Å². The van der Waals surface area contributed by atoms with E-state index in [1.807, 2.05) is 27.7 Å². The van der Waals surface area contributed by atoms with Crippen molar-refractivity contribution in [3.8, 4) is 0 Å². The summed E-state index contributed by atoms with van der Waals surface area (Å²) < 4.78 is 0. The van der Waals surface area contributed by atoms with E-state index < -0.39 is 0 Å². The Kier molecular flexibility index (Phi) is 11.9. The minimum atomic E-state index is 0.0244. The van der Waals surface area contributed by atoms with Crippen LogP contribution >= 0.6 is 0 Å². The van der Waals surface area contributed by atoms with E-state index in [0.29, 0.717) is 26.1 Å². The Balaban J connectivity index is 4.88. The molecule has 0 fully saturated rings. The van der Waals surface area contributed by atoms with Gasteiger partial charge in [0.2, 0.25) is 5.91 Å². The largest absolute Gasteiger partial charge is 0.395 e. The number of hydrogen-bond acceptors (Lipinski definition) is 3. The maximum Gasteiger partial charge on any atom is 0.220 e. The number of carbonyl (C=O) groups is 1. The minimum Gasteiger partial charge on any atom is -0.395 e. The standard InChI is InChI=1S/C20H34N2O2/c1-15(2)7-8-19(17(5)6)18(13-16(3)4)14-20(24)22-10-9-21-11-12-23/h7-8,18,21,23H,3,5,9-14H2,1-2,4,6H3,(H,22,24)/b19-8+. The molecule has 1 amide bonds. The van der Waals surface area contributed by atoms with Crippen LogP contribution in [0.25, 0.3) is 0 Å². The zero-order valence-electron chi connectivity index (χ0n) is 15.7. The zero-order valence-corrected chi connectivity index (χ0v) is 15.7. The average Bonchev–Trinajstić information content (AvgIpc) is 2.45. The van der Waals surface area contributed by atoms with Gasteiger partial charge < -0.3 is 15.7 Å². The fourth-order valence-corrected chi connectivity index (χ4v) is 2.39. The summed E-state index contributed by atoms with van der Waals surface area (Å²) in [6.45, 7) is 18.0. The van der Waals surface area contributed by atoms with Crippen molar-refractivity contribution in [2.45, 2.75) is 40.5 Å². The van der Waals surface area contributed by atoms with Gasteiger partial charge >= 0.3 is 0 Å². The smallest absolute Gasteiger partial charge is 0.220 e. The van der Waals surface area contributed by atoms with Crippen LogP contribution in [0.5, 0.6) is 0 Å². The second kappa shape index (κ2) is 12.7. The highest BCUT2D eigenvalue weighted by Crippen LogP contribution is 2.28. The predicted molar refractivity (Wildman–Crippen MR) is 103 cm³/mol. The van der Waals surface area contributed by atoms with E-state index in [-0.39, 0.29) is 18.4 Å². The fraction of sp³-hybridized carbons (Fsp3) is 0.550. The third-order valence-electron chi connectivity index (χ3n) is 3.47. The van der Waals surface area contributed by atoms with Crippen molar-refractivity contribution in [3.05, 3.63) is 47.6 Å². The van der Waals surface area contributed by atoms with Gasteiger partial charge in [0.25, 0.3) is 0 Å². The molecule has 0 bridgehead atoms. The van der Waals surface area contributed by atoms with Gasteiger partial charge in [0, 0.05) is 26.1 Å². The van der Waals surface area contributed by atoms with Crippen LogP contribution in [0.2, 0.25) is 0 Å². The molecule has 0 rings (SSSR count). The van der Waals surface area contributed by atoms with E-state index in [0.717, 1.165) is 23.1 Å². The van der Waals surface area contributed by atoms with Crippen molar-refractivity contribution < 1.29 is 9.90 Å². The molecule has 1 atom stereocenters. The lowest BCUT2D eigenvalue weighted by Gasteiger charge is -2.21. The van der Waals surface area contributed by atoms with Crippen molar-refractivity contribution in [2.75, 3.05) is 26.2 Å². The molecule has 0 aliphatic carbocycles. The molecule has 0 aromatic carbocycles. The Morgan fingerprint density at radius 2 is 1.71 bits per heavy atom. The summed E-state index contributed by atoms with van der Waals surface area (Å²) in [6, 6.07) is 0. The molecule has 3 N–H and O–H groups in total.